The monoisotopic (exact) mass is 245 g/mol. The van der Waals surface area contributed by atoms with Crippen LogP contribution in [0.3, 0.4) is 0 Å². The van der Waals surface area contributed by atoms with Crippen LogP contribution < -0.4 is 5.73 Å². The molecule has 0 atom stereocenters. The van der Waals surface area contributed by atoms with Crippen LogP contribution in [-0.2, 0) is 9.84 Å². The average molecular weight is 245 g/mol. The Morgan fingerprint density at radius 3 is 2.31 bits per heavy atom. The van der Waals surface area contributed by atoms with Crippen LogP contribution in [0.5, 0.6) is 0 Å². The zero-order valence-corrected chi connectivity index (χ0v) is 10.8. The molecule has 0 radical (unpaired) electrons. The van der Waals surface area contributed by atoms with Crippen LogP contribution in [0.15, 0.2) is 0 Å². The van der Waals surface area contributed by atoms with Crippen molar-refractivity contribution in [3.8, 4) is 0 Å². The third kappa shape index (κ3) is 3.20. The lowest BCUT2D eigenvalue weighted by atomic mass is 10.1. The van der Waals surface area contributed by atoms with E-state index in [0.29, 0.717) is 24.0 Å². The van der Waals surface area contributed by atoms with E-state index in [1.165, 1.54) is 12.8 Å². The Bertz CT molecular complexity index is 327. The van der Waals surface area contributed by atoms with Crippen molar-refractivity contribution in [3.05, 3.63) is 0 Å². The predicted molar refractivity (Wildman–Crippen MR) is 66.0 cm³/mol. The maximum atomic E-state index is 12.1. The minimum atomic E-state index is -2.84. The van der Waals surface area contributed by atoms with Gasteiger partial charge in [-0.1, -0.05) is 12.8 Å². The van der Waals surface area contributed by atoms with E-state index in [2.05, 4.69) is 0 Å². The fourth-order valence-electron chi connectivity index (χ4n) is 3.01. The van der Waals surface area contributed by atoms with Crippen LogP contribution in [0.1, 0.15) is 44.9 Å². The quantitative estimate of drug-likeness (QED) is 0.775. The highest BCUT2D eigenvalue weighted by Crippen LogP contribution is 2.49. The molecule has 2 fully saturated rings. The molecule has 0 unspecified atom stereocenters. The summed E-state index contributed by atoms with van der Waals surface area (Å²) in [6.07, 6.45) is 7.67. The molecule has 16 heavy (non-hydrogen) atoms. The summed E-state index contributed by atoms with van der Waals surface area (Å²) in [5.74, 6) is 1.27. The molecule has 0 aromatic carbocycles. The molecule has 94 valence electrons. The van der Waals surface area contributed by atoms with Crippen molar-refractivity contribution >= 4 is 9.84 Å². The lowest BCUT2D eigenvalue weighted by Gasteiger charge is -2.16. The van der Waals surface area contributed by atoms with Gasteiger partial charge in [-0.15, -0.1) is 0 Å². The standard InChI is InChI=1S/C12H23NO2S/c13-8-7-12(5-6-12)10-16(14,15)9-11-3-1-2-4-11/h11H,1-10,13H2. The van der Waals surface area contributed by atoms with Crippen molar-refractivity contribution in [2.45, 2.75) is 44.9 Å². The highest BCUT2D eigenvalue weighted by Gasteiger charge is 2.45. The van der Waals surface area contributed by atoms with Crippen LogP contribution in [0.4, 0.5) is 0 Å². The average Bonchev–Trinajstić information content (AvgIpc) is 2.74. The molecule has 0 aromatic rings. The first-order valence-corrected chi connectivity index (χ1v) is 8.28. The van der Waals surface area contributed by atoms with Gasteiger partial charge in [-0.3, -0.25) is 0 Å². The van der Waals surface area contributed by atoms with E-state index in [9.17, 15) is 8.42 Å². The summed E-state index contributed by atoms with van der Waals surface area (Å²) < 4.78 is 24.2. The lowest BCUT2D eigenvalue weighted by molar-refractivity contribution is 0.501. The van der Waals surface area contributed by atoms with Crippen molar-refractivity contribution in [1.29, 1.82) is 0 Å². The van der Waals surface area contributed by atoms with E-state index in [1.54, 1.807) is 0 Å². The number of sulfone groups is 1. The molecule has 2 aliphatic carbocycles. The molecule has 3 nitrogen and oxygen atoms in total. The van der Waals surface area contributed by atoms with E-state index in [1.807, 2.05) is 0 Å². The van der Waals surface area contributed by atoms with Crippen LogP contribution >= 0.6 is 0 Å². The molecule has 4 heteroatoms. The Kier molecular flexibility index (Phi) is 3.59. The third-order valence-corrected chi connectivity index (χ3v) is 6.15. The molecule has 2 N–H and O–H groups in total. The van der Waals surface area contributed by atoms with Crippen molar-refractivity contribution in [1.82, 2.24) is 0 Å². The van der Waals surface area contributed by atoms with Gasteiger partial charge in [0.2, 0.25) is 0 Å². The van der Waals surface area contributed by atoms with Gasteiger partial charge in [-0.05, 0) is 50.0 Å². The van der Waals surface area contributed by atoms with Gasteiger partial charge in [0, 0.05) is 0 Å². The molecule has 2 rings (SSSR count). The summed E-state index contributed by atoms with van der Waals surface area (Å²) in [4.78, 5) is 0. The van der Waals surface area contributed by atoms with Gasteiger partial charge >= 0.3 is 0 Å². The number of hydrogen-bond donors (Lipinski definition) is 1. The molecule has 0 heterocycles. The highest BCUT2D eigenvalue weighted by molar-refractivity contribution is 7.91. The molecular weight excluding hydrogens is 222 g/mol. The maximum Gasteiger partial charge on any atom is 0.151 e. The molecule has 0 saturated heterocycles. The van der Waals surface area contributed by atoms with Crippen LogP contribution in [-0.4, -0.2) is 26.5 Å². The Morgan fingerprint density at radius 1 is 1.19 bits per heavy atom. The van der Waals surface area contributed by atoms with Gasteiger partial charge in [-0.25, -0.2) is 8.42 Å². The zero-order chi connectivity index (χ0) is 11.6. The molecule has 0 bridgehead atoms. The largest absolute Gasteiger partial charge is 0.330 e. The van der Waals surface area contributed by atoms with Crippen LogP contribution in [0.2, 0.25) is 0 Å². The smallest absolute Gasteiger partial charge is 0.151 e. The lowest BCUT2D eigenvalue weighted by Crippen LogP contribution is -2.25. The topological polar surface area (TPSA) is 60.2 Å². The van der Waals surface area contributed by atoms with Gasteiger partial charge in [-0.2, -0.15) is 0 Å². The zero-order valence-electron chi connectivity index (χ0n) is 9.95. The van der Waals surface area contributed by atoms with Crippen molar-refractivity contribution in [2.24, 2.45) is 17.1 Å². The first-order valence-electron chi connectivity index (χ1n) is 6.46. The third-order valence-electron chi connectivity index (χ3n) is 4.12. The van der Waals surface area contributed by atoms with Crippen molar-refractivity contribution in [3.63, 3.8) is 0 Å². The minimum Gasteiger partial charge on any atom is -0.330 e. The van der Waals surface area contributed by atoms with E-state index < -0.39 is 9.84 Å². The number of hydrogen-bond acceptors (Lipinski definition) is 3. The fourth-order valence-corrected chi connectivity index (χ4v) is 5.55. The van der Waals surface area contributed by atoms with Gasteiger partial charge in [0.25, 0.3) is 0 Å². The van der Waals surface area contributed by atoms with Gasteiger partial charge in [0.15, 0.2) is 9.84 Å². The summed E-state index contributed by atoms with van der Waals surface area (Å²) in [6, 6.07) is 0. The van der Waals surface area contributed by atoms with Gasteiger partial charge in [0.05, 0.1) is 11.5 Å². The number of nitrogens with two attached hydrogens (primary N) is 1. The molecule has 0 aromatic heterocycles. The Labute approximate surface area is 98.7 Å². The van der Waals surface area contributed by atoms with Crippen molar-refractivity contribution < 1.29 is 8.42 Å². The molecule has 0 aliphatic heterocycles. The Balaban J connectivity index is 1.87. The molecule has 0 amide bonds. The van der Waals surface area contributed by atoms with Crippen LogP contribution in [0, 0.1) is 11.3 Å². The minimum absolute atomic E-state index is 0.0756. The Morgan fingerprint density at radius 2 is 1.81 bits per heavy atom. The molecular formula is C12H23NO2S. The van der Waals surface area contributed by atoms with E-state index in [4.69, 9.17) is 5.73 Å². The van der Waals surface area contributed by atoms with Crippen LogP contribution in [0.25, 0.3) is 0 Å². The van der Waals surface area contributed by atoms with E-state index in [0.717, 1.165) is 32.1 Å². The van der Waals surface area contributed by atoms with Crippen molar-refractivity contribution in [2.75, 3.05) is 18.1 Å². The molecule has 2 saturated carbocycles. The fraction of sp³-hybridized carbons (Fsp3) is 1.00. The summed E-state index contributed by atoms with van der Waals surface area (Å²) in [6.45, 7) is 0.624. The van der Waals surface area contributed by atoms with E-state index in [-0.39, 0.29) is 5.41 Å². The second-order valence-electron chi connectivity index (χ2n) is 5.74. The predicted octanol–water partition coefficient (Wildman–Crippen LogP) is 1.72. The second kappa shape index (κ2) is 4.65. The summed E-state index contributed by atoms with van der Waals surface area (Å²) in [7, 11) is -2.84. The summed E-state index contributed by atoms with van der Waals surface area (Å²) in [5, 5.41) is 0. The summed E-state index contributed by atoms with van der Waals surface area (Å²) in [5.41, 5.74) is 5.62. The molecule has 0 spiro atoms. The van der Waals surface area contributed by atoms with Gasteiger partial charge in [0.1, 0.15) is 0 Å². The second-order valence-corrected chi connectivity index (χ2v) is 7.85. The normalized spacial score (nSPS) is 24.8. The number of rotatable bonds is 6. The van der Waals surface area contributed by atoms with E-state index >= 15 is 0 Å². The molecule has 2 aliphatic rings. The SMILES string of the molecule is NCCC1(CS(=O)(=O)CC2CCCC2)CC1. The highest BCUT2D eigenvalue weighted by atomic mass is 32.2. The van der Waals surface area contributed by atoms with Gasteiger partial charge < -0.3 is 5.73 Å². The Hall–Kier alpha value is -0.0900. The summed E-state index contributed by atoms with van der Waals surface area (Å²) >= 11 is 0. The maximum absolute atomic E-state index is 12.1. The first kappa shape index (κ1) is 12.4. The first-order chi connectivity index (χ1) is 7.55.